The fourth-order valence-corrected chi connectivity index (χ4v) is 1.55. The van der Waals surface area contributed by atoms with E-state index in [1.54, 1.807) is 23.7 Å². The monoisotopic (exact) mass is 249 g/mol. The number of hydrogen-bond donors (Lipinski definition) is 2. The van der Waals surface area contributed by atoms with Crippen LogP contribution in [0.3, 0.4) is 0 Å². The molecule has 7 heteroatoms. The van der Waals surface area contributed by atoms with Crippen molar-refractivity contribution in [1.82, 2.24) is 20.4 Å². The molecule has 18 heavy (non-hydrogen) atoms. The van der Waals surface area contributed by atoms with Gasteiger partial charge in [-0.15, -0.1) is 5.10 Å². The van der Waals surface area contributed by atoms with Gasteiger partial charge in [-0.1, -0.05) is 17.3 Å². The van der Waals surface area contributed by atoms with Crippen molar-refractivity contribution < 1.29 is 9.18 Å². The minimum Gasteiger partial charge on any atom is -0.289 e. The molecule has 0 aliphatic rings. The first-order valence-electron chi connectivity index (χ1n) is 5.27. The third kappa shape index (κ3) is 2.35. The van der Waals surface area contributed by atoms with Gasteiger partial charge in [-0.25, -0.2) is 14.9 Å². The van der Waals surface area contributed by atoms with Crippen molar-refractivity contribution >= 4 is 5.91 Å². The molecule has 94 valence electrons. The normalized spacial score (nSPS) is 10.4. The molecule has 0 aliphatic carbocycles. The van der Waals surface area contributed by atoms with Crippen molar-refractivity contribution in [2.75, 3.05) is 0 Å². The van der Waals surface area contributed by atoms with Crippen LogP contribution < -0.4 is 11.3 Å². The van der Waals surface area contributed by atoms with Crippen molar-refractivity contribution in [2.45, 2.75) is 13.5 Å². The molecule has 3 N–H and O–H groups in total. The second-order valence-electron chi connectivity index (χ2n) is 3.78. The molecular weight excluding hydrogens is 237 g/mol. The van der Waals surface area contributed by atoms with E-state index in [1.807, 2.05) is 5.43 Å². The van der Waals surface area contributed by atoms with Gasteiger partial charge in [0.2, 0.25) is 0 Å². The topological polar surface area (TPSA) is 85.8 Å². The number of halogens is 1. The Labute approximate surface area is 103 Å². The van der Waals surface area contributed by atoms with Crippen molar-refractivity contribution in [2.24, 2.45) is 5.84 Å². The van der Waals surface area contributed by atoms with Crippen LogP contribution in [0.1, 0.15) is 21.7 Å². The summed E-state index contributed by atoms with van der Waals surface area (Å²) in [5, 5.41) is 7.61. The van der Waals surface area contributed by atoms with Crippen LogP contribution in [-0.2, 0) is 6.54 Å². The second kappa shape index (κ2) is 4.92. The maximum absolute atomic E-state index is 12.8. The number of hydrogen-bond acceptors (Lipinski definition) is 4. The lowest BCUT2D eigenvalue weighted by molar-refractivity contribution is 0.0948. The lowest BCUT2D eigenvalue weighted by Crippen LogP contribution is -2.30. The van der Waals surface area contributed by atoms with E-state index in [4.69, 9.17) is 5.84 Å². The predicted molar refractivity (Wildman–Crippen MR) is 61.9 cm³/mol. The SMILES string of the molecule is Cc1c(C(=O)NN)nnn1Cc1ccc(F)cc1. The van der Waals surface area contributed by atoms with Gasteiger partial charge in [0.1, 0.15) is 5.82 Å². The number of rotatable bonds is 3. The highest BCUT2D eigenvalue weighted by Crippen LogP contribution is 2.08. The molecular formula is C11H12FN5O. The van der Waals surface area contributed by atoms with Crippen molar-refractivity contribution in [3.8, 4) is 0 Å². The number of benzene rings is 1. The van der Waals surface area contributed by atoms with E-state index in [2.05, 4.69) is 10.3 Å². The number of hydrazine groups is 1. The standard InChI is InChI=1S/C11H12FN5O/c1-7-10(11(18)14-13)15-16-17(7)6-8-2-4-9(12)5-3-8/h2-5H,6,13H2,1H3,(H,14,18). The summed E-state index contributed by atoms with van der Waals surface area (Å²) in [5.41, 5.74) is 3.65. The Morgan fingerprint density at radius 3 is 2.72 bits per heavy atom. The average molecular weight is 249 g/mol. The molecule has 1 aromatic carbocycles. The zero-order valence-electron chi connectivity index (χ0n) is 9.72. The molecule has 0 aliphatic heterocycles. The Balaban J connectivity index is 2.22. The van der Waals surface area contributed by atoms with Gasteiger partial charge in [-0.3, -0.25) is 10.2 Å². The third-order valence-corrected chi connectivity index (χ3v) is 2.57. The Hall–Kier alpha value is -2.28. The van der Waals surface area contributed by atoms with E-state index in [1.165, 1.54) is 12.1 Å². The molecule has 1 amide bonds. The summed E-state index contributed by atoms with van der Waals surface area (Å²) in [4.78, 5) is 11.3. The van der Waals surface area contributed by atoms with E-state index in [0.29, 0.717) is 12.2 Å². The van der Waals surface area contributed by atoms with Gasteiger partial charge in [0.25, 0.3) is 5.91 Å². The number of nitrogens with two attached hydrogens (primary N) is 1. The molecule has 0 fully saturated rings. The number of nitrogen functional groups attached to an aromatic ring is 1. The molecule has 6 nitrogen and oxygen atoms in total. The number of nitrogens with zero attached hydrogens (tertiary/aromatic N) is 3. The summed E-state index contributed by atoms with van der Waals surface area (Å²) in [7, 11) is 0. The molecule has 0 bridgehead atoms. The summed E-state index contributed by atoms with van der Waals surface area (Å²) < 4.78 is 14.3. The third-order valence-electron chi connectivity index (χ3n) is 2.57. The molecule has 0 atom stereocenters. The van der Waals surface area contributed by atoms with Gasteiger partial charge in [0, 0.05) is 0 Å². The van der Waals surface area contributed by atoms with Gasteiger partial charge in [0.15, 0.2) is 5.69 Å². The lowest BCUT2D eigenvalue weighted by atomic mass is 10.2. The van der Waals surface area contributed by atoms with Crippen LogP contribution in [0, 0.1) is 12.7 Å². The largest absolute Gasteiger partial charge is 0.289 e. The number of nitrogens with one attached hydrogen (secondary N) is 1. The molecule has 0 unspecified atom stereocenters. The average Bonchev–Trinajstić information content (AvgIpc) is 2.73. The molecule has 1 heterocycles. The summed E-state index contributed by atoms with van der Waals surface area (Å²) in [5.74, 6) is 4.25. The number of carbonyl (C=O) groups is 1. The number of carbonyl (C=O) groups excluding carboxylic acids is 1. The van der Waals surface area contributed by atoms with Crippen LogP contribution in [-0.4, -0.2) is 20.9 Å². The van der Waals surface area contributed by atoms with Gasteiger partial charge in [-0.05, 0) is 24.6 Å². The van der Waals surface area contributed by atoms with Gasteiger partial charge < -0.3 is 0 Å². The van der Waals surface area contributed by atoms with Gasteiger partial charge in [0.05, 0.1) is 12.2 Å². The van der Waals surface area contributed by atoms with E-state index in [-0.39, 0.29) is 11.5 Å². The zero-order chi connectivity index (χ0) is 13.1. The van der Waals surface area contributed by atoms with Crippen molar-refractivity contribution in [3.05, 3.63) is 47.0 Å². The Bertz CT molecular complexity index is 563. The minimum atomic E-state index is -0.488. The number of aromatic nitrogens is 3. The maximum atomic E-state index is 12.8. The van der Waals surface area contributed by atoms with Crippen LogP contribution in [0.4, 0.5) is 4.39 Å². The molecule has 0 saturated carbocycles. The summed E-state index contributed by atoms with van der Waals surface area (Å²) in [6.07, 6.45) is 0. The number of amides is 1. The van der Waals surface area contributed by atoms with Crippen molar-refractivity contribution in [3.63, 3.8) is 0 Å². The van der Waals surface area contributed by atoms with Crippen LogP contribution in [0.5, 0.6) is 0 Å². The highest BCUT2D eigenvalue weighted by molar-refractivity contribution is 5.92. The molecule has 2 rings (SSSR count). The summed E-state index contributed by atoms with van der Waals surface area (Å²) >= 11 is 0. The predicted octanol–water partition coefficient (Wildman–Crippen LogP) is 0.377. The fourth-order valence-electron chi connectivity index (χ4n) is 1.55. The van der Waals surface area contributed by atoms with Gasteiger partial charge in [-0.2, -0.15) is 0 Å². The minimum absolute atomic E-state index is 0.180. The van der Waals surface area contributed by atoms with Crippen LogP contribution in [0.25, 0.3) is 0 Å². The Morgan fingerprint density at radius 2 is 2.11 bits per heavy atom. The molecule has 0 spiro atoms. The lowest BCUT2D eigenvalue weighted by Gasteiger charge is -2.03. The first kappa shape index (κ1) is 12.2. The summed E-state index contributed by atoms with van der Waals surface area (Å²) in [6.45, 7) is 2.13. The fraction of sp³-hybridized carbons (Fsp3) is 0.182. The van der Waals surface area contributed by atoms with Crippen molar-refractivity contribution in [1.29, 1.82) is 0 Å². The van der Waals surface area contributed by atoms with Crippen LogP contribution in [0.2, 0.25) is 0 Å². The van der Waals surface area contributed by atoms with E-state index < -0.39 is 5.91 Å². The van der Waals surface area contributed by atoms with E-state index in [0.717, 1.165) is 5.56 Å². The maximum Gasteiger partial charge on any atom is 0.287 e. The Morgan fingerprint density at radius 1 is 1.44 bits per heavy atom. The van der Waals surface area contributed by atoms with Crippen LogP contribution in [0.15, 0.2) is 24.3 Å². The first-order chi connectivity index (χ1) is 8.61. The second-order valence-corrected chi connectivity index (χ2v) is 3.78. The van der Waals surface area contributed by atoms with Gasteiger partial charge >= 0.3 is 0 Å². The van der Waals surface area contributed by atoms with E-state index in [9.17, 15) is 9.18 Å². The Kier molecular flexibility index (Phi) is 3.33. The highest BCUT2D eigenvalue weighted by atomic mass is 19.1. The first-order valence-corrected chi connectivity index (χ1v) is 5.27. The van der Waals surface area contributed by atoms with E-state index >= 15 is 0 Å². The molecule has 1 aromatic heterocycles. The highest BCUT2D eigenvalue weighted by Gasteiger charge is 2.15. The quantitative estimate of drug-likeness (QED) is 0.467. The zero-order valence-corrected chi connectivity index (χ0v) is 9.72. The molecule has 0 radical (unpaired) electrons. The molecule has 0 saturated heterocycles. The summed E-state index contributed by atoms with van der Waals surface area (Å²) in [6, 6.07) is 6.04. The smallest absolute Gasteiger partial charge is 0.287 e. The molecule has 2 aromatic rings. The van der Waals surface area contributed by atoms with Crippen LogP contribution >= 0.6 is 0 Å².